The molecule has 0 bridgehead atoms. The summed E-state index contributed by atoms with van der Waals surface area (Å²) >= 11 is 3.46. The van der Waals surface area contributed by atoms with Crippen LogP contribution in [0.2, 0.25) is 0 Å². The molecule has 4 nitrogen and oxygen atoms in total. The van der Waals surface area contributed by atoms with Gasteiger partial charge in [-0.2, -0.15) is 5.10 Å². The van der Waals surface area contributed by atoms with Gasteiger partial charge in [-0.1, -0.05) is 52.3 Å². The van der Waals surface area contributed by atoms with Crippen molar-refractivity contribution in [2.24, 2.45) is 11.0 Å². The number of halogens is 1. The third-order valence-electron chi connectivity index (χ3n) is 4.84. The first-order valence-corrected chi connectivity index (χ1v) is 9.76. The van der Waals surface area contributed by atoms with Crippen molar-refractivity contribution in [2.45, 2.75) is 26.3 Å². The van der Waals surface area contributed by atoms with Crippen molar-refractivity contribution in [2.75, 3.05) is 13.1 Å². The van der Waals surface area contributed by atoms with E-state index in [0.717, 1.165) is 48.1 Å². The smallest absolute Gasteiger partial charge is 0.243 e. The minimum absolute atomic E-state index is 0.0260. The lowest BCUT2D eigenvalue weighted by Gasteiger charge is -2.30. The predicted molar refractivity (Wildman–Crippen MR) is 109 cm³/mol. The van der Waals surface area contributed by atoms with Crippen molar-refractivity contribution in [1.29, 1.82) is 0 Å². The van der Waals surface area contributed by atoms with Crippen molar-refractivity contribution >= 4 is 28.1 Å². The van der Waals surface area contributed by atoms with E-state index in [4.69, 9.17) is 0 Å². The van der Waals surface area contributed by atoms with E-state index in [1.807, 2.05) is 31.2 Å². The number of benzene rings is 2. The molecule has 1 heterocycles. The van der Waals surface area contributed by atoms with Gasteiger partial charge in [0.25, 0.3) is 0 Å². The summed E-state index contributed by atoms with van der Waals surface area (Å²) in [5, 5.41) is 4.13. The average Bonchev–Trinajstić information content (AvgIpc) is 2.66. The van der Waals surface area contributed by atoms with Crippen LogP contribution in [0.4, 0.5) is 0 Å². The number of hydrogen-bond acceptors (Lipinski definition) is 3. The summed E-state index contributed by atoms with van der Waals surface area (Å²) in [4.78, 5) is 14.7. The first kappa shape index (κ1) is 18.8. The second-order valence-corrected chi connectivity index (χ2v) is 7.68. The first-order chi connectivity index (χ1) is 12.6. The third-order valence-corrected chi connectivity index (χ3v) is 5.37. The second-order valence-electron chi connectivity index (χ2n) is 6.77. The molecular formula is C21H24BrN3O. The molecule has 5 heteroatoms. The van der Waals surface area contributed by atoms with Gasteiger partial charge in [0.15, 0.2) is 0 Å². The van der Waals surface area contributed by atoms with E-state index in [0.29, 0.717) is 0 Å². The second kappa shape index (κ2) is 9.10. The molecule has 3 rings (SSSR count). The van der Waals surface area contributed by atoms with Crippen molar-refractivity contribution < 1.29 is 4.79 Å². The molecule has 1 N–H and O–H groups in total. The quantitative estimate of drug-likeness (QED) is 0.591. The summed E-state index contributed by atoms with van der Waals surface area (Å²) < 4.78 is 1.10. The molecule has 0 aliphatic carbocycles. The van der Waals surface area contributed by atoms with Crippen LogP contribution >= 0.6 is 15.9 Å². The molecule has 1 aliphatic rings. The molecule has 1 amide bonds. The molecular weight excluding hydrogens is 390 g/mol. The number of nitrogens with zero attached hydrogens (tertiary/aromatic N) is 2. The van der Waals surface area contributed by atoms with Crippen LogP contribution in [0.25, 0.3) is 0 Å². The minimum Gasteiger partial charge on any atom is -0.299 e. The molecule has 2 aromatic carbocycles. The van der Waals surface area contributed by atoms with Gasteiger partial charge in [-0.3, -0.25) is 9.69 Å². The standard InChI is InChI=1S/C21H24BrN3O/c1-16-4-2-3-5-19(16)14-23-24-21(26)18-10-12-25(13-11-18)15-17-6-8-20(22)9-7-17/h2-9,14,18H,10-13,15H2,1H3,(H,24,26)/b23-14+. The van der Waals surface area contributed by atoms with E-state index in [9.17, 15) is 4.79 Å². The number of rotatable bonds is 5. The number of piperidine rings is 1. The molecule has 0 saturated carbocycles. The van der Waals surface area contributed by atoms with Gasteiger partial charge < -0.3 is 0 Å². The molecule has 1 aliphatic heterocycles. The number of carbonyl (C=O) groups excluding carboxylic acids is 1. The molecule has 0 unspecified atom stereocenters. The molecule has 0 radical (unpaired) electrons. The average molecular weight is 414 g/mol. The number of carbonyl (C=O) groups is 1. The van der Waals surface area contributed by atoms with Crippen molar-refractivity contribution in [3.8, 4) is 0 Å². The van der Waals surface area contributed by atoms with Crippen LogP contribution in [0.15, 0.2) is 58.1 Å². The van der Waals surface area contributed by atoms with E-state index < -0.39 is 0 Å². The van der Waals surface area contributed by atoms with Crippen LogP contribution in [0.5, 0.6) is 0 Å². The number of aryl methyl sites for hydroxylation is 1. The van der Waals surface area contributed by atoms with Crippen LogP contribution in [0.3, 0.4) is 0 Å². The maximum absolute atomic E-state index is 12.3. The zero-order valence-electron chi connectivity index (χ0n) is 15.0. The zero-order chi connectivity index (χ0) is 18.4. The molecule has 136 valence electrons. The fourth-order valence-corrected chi connectivity index (χ4v) is 3.45. The van der Waals surface area contributed by atoms with Gasteiger partial charge in [0, 0.05) is 16.9 Å². The van der Waals surface area contributed by atoms with Gasteiger partial charge in [0.05, 0.1) is 6.21 Å². The summed E-state index contributed by atoms with van der Waals surface area (Å²) in [5.74, 6) is 0.0725. The SMILES string of the molecule is Cc1ccccc1/C=N/NC(=O)C1CCN(Cc2ccc(Br)cc2)CC1. The largest absolute Gasteiger partial charge is 0.299 e. The van der Waals surface area contributed by atoms with Crippen LogP contribution in [-0.2, 0) is 11.3 Å². The number of hydrazone groups is 1. The number of likely N-dealkylation sites (tertiary alicyclic amines) is 1. The highest BCUT2D eigenvalue weighted by atomic mass is 79.9. The van der Waals surface area contributed by atoms with Crippen LogP contribution in [0.1, 0.15) is 29.5 Å². The van der Waals surface area contributed by atoms with Gasteiger partial charge in [-0.25, -0.2) is 5.43 Å². The zero-order valence-corrected chi connectivity index (χ0v) is 16.6. The Labute approximate surface area is 163 Å². The van der Waals surface area contributed by atoms with E-state index in [-0.39, 0.29) is 11.8 Å². The summed E-state index contributed by atoms with van der Waals surface area (Å²) in [6, 6.07) is 16.4. The number of amides is 1. The van der Waals surface area contributed by atoms with E-state index in [2.05, 4.69) is 55.6 Å². The van der Waals surface area contributed by atoms with Crippen LogP contribution in [0, 0.1) is 12.8 Å². The summed E-state index contributed by atoms with van der Waals surface area (Å²) in [6.07, 6.45) is 3.47. The van der Waals surface area contributed by atoms with Gasteiger partial charge in [0.2, 0.25) is 5.91 Å². The number of nitrogens with one attached hydrogen (secondary N) is 1. The van der Waals surface area contributed by atoms with Crippen molar-refractivity contribution in [3.05, 3.63) is 69.7 Å². The Morgan fingerprint density at radius 1 is 1.19 bits per heavy atom. The highest BCUT2D eigenvalue weighted by Crippen LogP contribution is 2.20. The summed E-state index contributed by atoms with van der Waals surface area (Å²) in [5.41, 5.74) is 6.18. The molecule has 0 aromatic heterocycles. The topological polar surface area (TPSA) is 44.7 Å². The lowest BCUT2D eigenvalue weighted by Crippen LogP contribution is -2.39. The monoisotopic (exact) mass is 413 g/mol. The fraction of sp³-hybridized carbons (Fsp3) is 0.333. The third kappa shape index (κ3) is 5.26. The van der Waals surface area contributed by atoms with E-state index in [1.165, 1.54) is 5.56 Å². The Morgan fingerprint density at radius 3 is 2.58 bits per heavy atom. The summed E-state index contributed by atoms with van der Waals surface area (Å²) in [7, 11) is 0. The van der Waals surface area contributed by atoms with E-state index >= 15 is 0 Å². The predicted octanol–water partition coefficient (Wildman–Crippen LogP) is 4.12. The Morgan fingerprint density at radius 2 is 1.88 bits per heavy atom. The molecule has 1 saturated heterocycles. The molecule has 0 atom stereocenters. The normalized spacial score (nSPS) is 16.1. The fourth-order valence-electron chi connectivity index (χ4n) is 3.19. The van der Waals surface area contributed by atoms with Crippen LogP contribution in [-0.4, -0.2) is 30.1 Å². The Hall–Kier alpha value is -1.98. The van der Waals surface area contributed by atoms with Crippen LogP contribution < -0.4 is 5.43 Å². The van der Waals surface area contributed by atoms with Crippen molar-refractivity contribution in [1.82, 2.24) is 10.3 Å². The van der Waals surface area contributed by atoms with E-state index in [1.54, 1.807) is 6.21 Å². The Bertz CT molecular complexity index is 765. The van der Waals surface area contributed by atoms with Gasteiger partial charge in [-0.15, -0.1) is 0 Å². The highest BCUT2D eigenvalue weighted by Gasteiger charge is 2.24. The molecule has 2 aromatic rings. The van der Waals surface area contributed by atoms with Crippen molar-refractivity contribution in [3.63, 3.8) is 0 Å². The lowest BCUT2D eigenvalue weighted by molar-refractivity contribution is -0.126. The molecule has 1 fully saturated rings. The lowest BCUT2D eigenvalue weighted by atomic mass is 9.96. The first-order valence-electron chi connectivity index (χ1n) is 8.97. The Balaban J connectivity index is 1.44. The molecule has 0 spiro atoms. The number of hydrogen-bond donors (Lipinski definition) is 1. The van der Waals surface area contributed by atoms with Gasteiger partial charge in [0.1, 0.15) is 0 Å². The highest BCUT2D eigenvalue weighted by molar-refractivity contribution is 9.10. The molecule has 26 heavy (non-hydrogen) atoms. The van der Waals surface area contributed by atoms with Gasteiger partial charge >= 0.3 is 0 Å². The maximum Gasteiger partial charge on any atom is 0.243 e. The summed E-state index contributed by atoms with van der Waals surface area (Å²) in [6.45, 7) is 4.85. The minimum atomic E-state index is 0.0260. The maximum atomic E-state index is 12.3. The van der Waals surface area contributed by atoms with Gasteiger partial charge in [-0.05, 0) is 61.7 Å². The Kier molecular flexibility index (Phi) is 6.58.